The van der Waals surface area contributed by atoms with E-state index in [1.807, 2.05) is 75.5 Å². The minimum Gasteiger partial charge on any atom is -0.486 e. The van der Waals surface area contributed by atoms with Crippen molar-refractivity contribution >= 4 is 17.4 Å². The SMILES string of the molecule is COC(=O)[C@@H](OC(C)(C)C)c1c(C)nc2cc3nn2c1N1CCC(C)(CC1)OCC=CC(C)Oc1ccccc1-c1cccc-3c1. The van der Waals surface area contributed by atoms with Crippen molar-refractivity contribution in [3.05, 3.63) is 78.0 Å². The zero-order valence-corrected chi connectivity index (χ0v) is 27.9. The summed E-state index contributed by atoms with van der Waals surface area (Å²) in [5, 5.41) is 5.14. The van der Waals surface area contributed by atoms with Gasteiger partial charge in [-0.2, -0.15) is 9.61 Å². The number of aryl methyl sites for hydroxylation is 1. The van der Waals surface area contributed by atoms with Crippen LogP contribution in [-0.4, -0.2) is 64.7 Å². The number of piperidine rings is 1. The number of hydrogen-bond donors (Lipinski definition) is 0. The van der Waals surface area contributed by atoms with Crippen LogP contribution in [0.2, 0.25) is 0 Å². The van der Waals surface area contributed by atoms with E-state index in [4.69, 9.17) is 29.0 Å². The van der Waals surface area contributed by atoms with E-state index in [0.29, 0.717) is 36.6 Å². The standard InChI is InChI=1S/C37H44N4O5/c1-24-12-11-21-44-37(6)17-19-40(20-18-37)34-32(33(35(42)43-7)46-36(3,4)5)25(2)38-31-23-29(39-41(31)34)27-14-10-13-26(22-27)28-15-8-9-16-30(28)45-24/h8-16,22-24,33H,17-21H2,1-7H3/t24?,33-/m0/s1. The van der Waals surface area contributed by atoms with E-state index < -0.39 is 17.7 Å². The molecule has 2 aromatic heterocycles. The predicted octanol–water partition coefficient (Wildman–Crippen LogP) is 7.11. The second-order valence-corrected chi connectivity index (χ2v) is 13.4. The molecule has 2 atom stereocenters. The highest BCUT2D eigenvalue weighted by Gasteiger charge is 2.38. The van der Waals surface area contributed by atoms with Crippen LogP contribution < -0.4 is 9.64 Å². The second kappa shape index (κ2) is 12.5. The highest BCUT2D eigenvalue weighted by atomic mass is 16.6. The van der Waals surface area contributed by atoms with E-state index >= 15 is 0 Å². The van der Waals surface area contributed by atoms with Gasteiger partial charge in [-0.3, -0.25) is 0 Å². The fourth-order valence-electron chi connectivity index (χ4n) is 6.28. The van der Waals surface area contributed by atoms with Crippen LogP contribution in [0.1, 0.15) is 64.8 Å². The lowest BCUT2D eigenvalue weighted by Crippen LogP contribution is -2.45. The van der Waals surface area contributed by atoms with Crippen molar-refractivity contribution in [2.24, 2.45) is 0 Å². The molecule has 0 radical (unpaired) electrons. The van der Waals surface area contributed by atoms with Crippen LogP contribution in [0.4, 0.5) is 5.82 Å². The van der Waals surface area contributed by atoms with Crippen LogP contribution >= 0.6 is 0 Å². The number of hydrogen-bond acceptors (Lipinski definition) is 8. The van der Waals surface area contributed by atoms with Crippen molar-refractivity contribution in [2.75, 3.05) is 31.7 Å². The fraction of sp³-hybridized carbons (Fsp3) is 0.432. The molecule has 5 heterocycles. The van der Waals surface area contributed by atoms with E-state index in [1.165, 1.54) is 7.11 Å². The van der Waals surface area contributed by atoms with Gasteiger partial charge >= 0.3 is 5.97 Å². The molecular weight excluding hydrogens is 580 g/mol. The van der Waals surface area contributed by atoms with Crippen LogP contribution in [0.5, 0.6) is 5.75 Å². The molecule has 46 heavy (non-hydrogen) atoms. The minimum absolute atomic E-state index is 0.133. The molecule has 6 bridgehead atoms. The normalized spacial score (nSPS) is 20.8. The summed E-state index contributed by atoms with van der Waals surface area (Å²) in [6, 6.07) is 18.4. The molecule has 7 rings (SSSR count). The maximum Gasteiger partial charge on any atom is 0.339 e. The van der Waals surface area contributed by atoms with Gasteiger partial charge in [0.2, 0.25) is 0 Å². The number of benzene rings is 2. The first-order valence-corrected chi connectivity index (χ1v) is 16.0. The summed E-state index contributed by atoms with van der Waals surface area (Å²) in [4.78, 5) is 20.6. The molecular formula is C37H44N4O5. The quantitative estimate of drug-likeness (QED) is 0.176. The summed E-state index contributed by atoms with van der Waals surface area (Å²) in [7, 11) is 1.39. The molecule has 0 aliphatic carbocycles. The van der Waals surface area contributed by atoms with Gasteiger partial charge in [-0.05, 0) is 78.2 Å². The van der Waals surface area contributed by atoms with Crippen LogP contribution in [-0.2, 0) is 19.0 Å². The fourth-order valence-corrected chi connectivity index (χ4v) is 6.28. The Morgan fingerprint density at radius 1 is 1.07 bits per heavy atom. The summed E-state index contributed by atoms with van der Waals surface area (Å²) in [5.74, 6) is 1.12. The number of esters is 1. The summed E-state index contributed by atoms with van der Waals surface area (Å²) in [5.41, 5.74) is 4.87. The van der Waals surface area contributed by atoms with Crippen LogP contribution in [0.25, 0.3) is 28.0 Å². The molecule has 0 saturated carbocycles. The Bertz CT molecular complexity index is 1760. The number of aromatic nitrogens is 3. The Kier molecular flexibility index (Phi) is 8.65. The Balaban J connectivity index is 1.56. The van der Waals surface area contributed by atoms with Crippen LogP contribution in [0.15, 0.2) is 66.7 Å². The molecule has 1 fully saturated rings. The van der Waals surface area contributed by atoms with Gasteiger partial charge in [0.05, 0.1) is 36.2 Å². The van der Waals surface area contributed by atoms with Gasteiger partial charge in [-0.15, -0.1) is 0 Å². The van der Waals surface area contributed by atoms with E-state index in [0.717, 1.165) is 46.8 Å². The molecule has 9 heteroatoms. The molecule has 0 N–H and O–H groups in total. The lowest BCUT2D eigenvalue weighted by molar-refractivity contribution is -0.164. The Labute approximate surface area is 271 Å². The lowest BCUT2D eigenvalue weighted by atomic mass is 9.92. The van der Waals surface area contributed by atoms with Crippen molar-refractivity contribution in [1.29, 1.82) is 0 Å². The monoisotopic (exact) mass is 624 g/mol. The van der Waals surface area contributed by atoms with Gasteiger partial charge in [0.15, 0.2) is 11.8 Å². The smallest absolute Gasteiger partial charge is 0.339 e. The summed E-state index contributed by atoms with van der Waals surface area (Å²) < 4.78 is 26.4. The van der Waals surface area contributed by atoms with E-state index in [-0.39, 0.29) is 11.7 Å². The van der Waals surface area contributed by atoms with Crippen molar-refractivity contribution in [1.82, 2.24) is 14.6 Å². The van der Waals surface area contributed by atoms with Gasteiger partial charge in [-0.25, -0.2) is 9.78 Å². The van der Waals surface area contributed by atoms with Gasteiger partial charge in [0, 0.05) is 36.0 Å². The van der Waals surface area contributed by atoms with Crippen molar-refractivity contribution in [3.63, 3.8) is 0 Å². The molecule has 1 unspecified atom stereocenters. The topological polar surface area (TPSA) is 87.4 Å². The largest absolute Gasteiger partial charge is 0.486 e. The maximum atomic E-state index is 13.4. The Morgan fingerprint density at radius 2 is 1.80 bits per heavy atom. The zero-order valence-electron chi connectivity index (χ0n) is 27.9. The zero-order chi connectivity index (χ0) is 32.6. The average Bonchev–Trinajstić information content (AvgIpc) is 3.45. The molecule has 0 amide bonds. The molecule has 1 saturated heterocycles. The first-order chi connectivity index (χ1) is 21.9. The molecule has 242 valence electrons. The van der Waals surface area contributed by atoms with Crippen molar-refractivity contribution in [2.45, 2.75) is 77.8 Å². The van der Waals surface area contributed by atoms with Gasteiger partial charge < -0.3 is 23.8 Å². The molecule has 3 aliphatic heterocycles. The van der Waals surface area contributed by atoms with Gasteiger partial charge in [0.25, 0.3) is 0 Å². The highest BCUT2D eigenvalue weighted by molar-refractivity contribution is 5.81. The Hall–Kier alpha value is -4.21. The maximum absolute atomic E-state index is 13.4. The van der Waals surface area contributed by atoms with E-state index in [2.05, 4.69) is 42.2 Å². The third-order valence-electron chi connectivity index (χ3n) is 8.68. The molecule has 0 spiro atoms. The number of carbonyl (C=O) groups is 1. The summed E-state index contributed by atoms with van der Waals surface area (Å²) >= 11 is 0. The van der Waals surface area contributed by atoms with E-state index in [9.17, 15) is 4.79 Å². The summed E-state index contributed by atoms with van der Waals surface area (Å²) in [6.07, 6.45) is 4.57. The van der Waals surface area contributed by atoms with Gasteiger partial charge in [0.1, 0.15) is 17.7 Å². The van der Waals surface area contributed by atoms with E-state index in [1.54, 1.807) is 0 Å². The third kappa shape index (κ3) is 6.52. The van der Waals surface area contributed by atoms with Crippen LogP contribution in [0.3, 0.4) is 0 Å². The number of para-hydroxylation sites is 1. The first kappa shape index (κ1) is 31.8. The number of nitrogens with zero attached hydrogens (tertiary/aromatic N) is 4. The molecule has 9 nitrogen and oxygen atoms in total. The number of ether oxygens (including phenoxy) is 4. The minimum atomic E-state index is -0.984. The predicted molar refractivity (Wildman–Crippen MR) is 179 cm³/mol. The average molecular weight is 625 g/mol. The lowest BCUT2D eigenvalue weighted by Gasteiger charge is -2.41. The van der Waals surface area contributed by atoms with Crippen molar-refractivity contribution in [3.8, 4) is 28.1 Å². The number of methoxy groups -OCH3 is 1. The second-order valence-electron chi connectivity index (χ2n) is 13.4. The molecule has 3 aliphatic rings. The Morgan fingerprint density at radius 3 is 2.54 bits per heavy atom. The first-order valence-electron chi connectivity index (χ1n) is 16.0. The van der Waals surface area contributed by atoms with Crippen LogP contribution in [0, 0.1) is 6.92 Å². The number of anilines is 1. The number of carbonyl (C=O) groups excluding carboxylic acids is 1. The molecule has 2 aromatic carbocycles. The molecule has 4 aromatic rings. The van der Waals surface area contributed by atoms with Crippen molar-refractivity contribution < 1.29 is 23.7 Å². The number of fused-ring (bicyclic) bond motifs is 6. The third-order valence-corrected chi connectivity index (χ3v) is 8.68. The van der Waals surface area contributed by atoms with Gasteiger partial charge in [-0.1, -0.05) is 42.5 Å². The number of rotatable bonds is 3. The highest BCUT2D eigenvalue weighted by Crippen LogP contribution is 2.39. The summed E-state index contributed by atoms with van der Waals surface area (Å²) in [6.45, 7) is 13.8.